The summed E-state index contributed by atoms with van der Waals surface area (Å²) in [5, 5.41) is 3.63. The second-order valence-electron chi connectivity index (χ2n) is 6.67. The van der Waals surface area contributed by atoms with Gasteiger partial charge in [-0.25, -0.2) is 0 Å². The van der Waals surface area contributed by atoms with Crippen LogP contribution in [0.15, 0.2) is 18.2 Å². The van der Waals surface area contributed by atoms with Crippen LogP contribution >= 0.6 is 0 Å². The van der Waals surface area contributed by atoms with Gasteiger partial charge in [0.05, 0.1) is 6.10 Å². The van der Waals surface area contributed by atoms with Crippen molar-refractivity contribution in [3.63, 3.8) is 0 Å². The minimum absolute atomic E-state index is 0.0519. The molecule has 3 nitrogen and oxygen atoms in total. The molecule has 1 N–H and O–H groups in total. The van der Waals surface area contributed by atoms with Gasteiger partial charge in [-0.05, 0) is 52.1 Å². The van der Waals surface area contributed by atoms with Gasteiger partial charge in [-0.1, -0.05) is 13.0 Å². The molecule has 1 aromatic carbocycles. The maximum atomic E-state index is 6.46. The molecule has 1 heterocycles. The van der Waals surface area contributed by atoms with E-state index in [0.717, 1.165) is 24.5 Å². The monoisotopic (exact) mass is 289 g/mol. The Labute approximate surface area is 128 Å². The molecule has 1 aromatic rings. The number of fused-ring (bicyclic) bond motifs is 1. The van der Waals surface area contributed by atoms with E-state index in [1.807, 2.05) is 0 Å². The van der Waals surface area contributed by atoms with Crippen LogP contribution in [-0.2, 0) is 0 Å². The number of benzene rings is 1. The van der Waals surface area contributed by atoms with E-state index in [2.05, 4.69) is 44.3 Å². The normalized spacial score (nSPS) is 23.1. The Hall–Kier alpha value is -1.22. The highest BCUT2D eigenvalue weighted by Gasteiger charge is 2.42. The zero-order chi connectivity index (χ0) is 14.9. The maximum Gasteiger partial charge on any atom is 0.128 e. The number of hydrogen-bond donors (Lipinski definition) is 1. The highest BCUT2D eigenvalue weighted by Crippen LogP contribution is 2.47. The van der Waals surface area contributed by atoms with Crippen LogP contribution in [-0.4, -0.2) is 18.2 Å². The quantitative estimate of drug-likeness (QED) is 0.900. The topological polar surface area (TPSA) is 30.5 Å². The first-order valence-electron chi connectivity index (χ1n) is 8.35. The predicted molar refractivity (Wildman–Crippen MR) is 85.1 cm³/mol. The molecular formula is C18H27NO2. The third-order valence-corrected chi connectivity index (χ3v) is 4.60. The van der Waals surface area contributed by atoms with Crippen molar-refractivity contribution < 1.29 is 9.47 Å². The van der Waals surface area contributed by atoms with Gasteiger partial charge in [0.25, 0.3) is 0 Å². The SMILES string of the molecule is CCNC1CC2(CCCC2)Oc2cc(OC(C)C)ccc21. The van der Waals surface area contributed by atoms with Crippen molar-refractivity contribution in [3.05, 3.63) is 23.8 Å². The highest BCUT2D eigenvalue weighted by atomic mass is 16.5. The van der Waals surface area contributed by atoms with Gasteiger partial charge in [-0.3, -0.25) is 0 Å². The molecule has 1 spiro atoms. The minimum Gasteiger partial charge on any atom is -0.491 e. The maximum absolute atomic E-state index is 6.46. The Balaban J connectivity index is 1.91. The van der Waals surface area contributed by atoms with Gasteiger partial charge in [0, 0.05) is 24.1 Å². The van der Waals surface area contributed by atoms with Gasteiger partial charge >= 0.3 is 0 Å². The van der Waals surface area contributed by atoms with Crippen molar-refractivity contribution in [2.75, 3.05) is 6.54 Å². The molecular weight excluding hydrogens is 262 g/mol. The molecule has 1 fully saturated rings. The van der Waals surface area contributed by atoms with Gasteiger partial charge < -0.3 is 14.8 Å². The number of ether oxygens (including phenoxy) is 2. The second kappa shape index (κ2) is 5.88. The lowest BCUT2D eigenvalue weighted by molar-refractivity contribution is 0.0366. The lowest BCUT2D eigenvalue weighted by Crippen LogP contribution is -2.42. The van der Waals surface area contributed by atoms with E-state index in [0.29, 0.717) is 6.04 Å². The summed E-state index contributed by atoms with van der Waals surface area (Å²) < 4.78 is 12.3. The fourth-order valence-electron chi connectivity index (χ4n) is 3.75. The Kier molecular flexibility index (Phi) is 4.12. The fourth-order valence-corrected chi connectivity index (χ4v) is 3.75. The molecule has 0 aromatic heterocycles. The molecule has 1 aliphatic heterocycles. The largest absolute Gasteiger partial charge is 0.491 e. The van der Waals surface area contributed by atoms with Gasteiger partial charge in [0.1, 0.15) is 17.1 Å². The van der Waals surface area contributed by atoms with Crippen molar-refractivity contribution in [1.29, 1.82) is 0 Å². The standard InChI is InChI=1S/C18H27NO2/c1-4-19-16-12-18(9-5-6-10-18)21-17-11-14(20-13(2)3)7-8-15(16)17/h7-8,11,13,16,19H,4-6,9-10,12H2,1-3H3. The van der Waals surface area contributed by atoms with E-state index in [9.17, 15) is 0 Å². The molecule has 21 heavy (non-hydrogen) atoms. The smallest absolute Gasteiger partial charge is 0.128 e. The molecule has 0 radical (unpaired) electrons. The summed E-state index contributed by atoms with van der Waals surface area (Å²) in [7, 11) is 0. The third kappa shape index (κ3) is 3.03. The number of rotatable bonds is 4. The first-order chi connectivity index (χ1) is 10.1. The molecule has 2 aliphatic rings. The van der Waals surface area contributed by atoms with E-state index in [1.54, 1.807) is 0 Å². The Bertz CT molecular complexity index is 492. The van der Waals surface area contributed by atoms with Crippen molar-refractivity contribution in [3.8, 4) is 11.5 Å². The van der Waals surface area contributed by atoms with Gasteiger partial charge in [0.15, 0.2) is 0 Å². The van der Waals surface area contributed by atoms with Gasteiger partial charge in [0.2, 0.25) is 0 Å². The van der Waals surface area contributed by atoms with Crippen LogP contribution in [0.5, 0.6) is 11.5 Å². The van der Waals surface area contributed by atoms with Gasteiger partial charge in [-0.15, -0.1) is 0 Å². The first kappa shape index (κ1) is 14.7. The molecule has 116 valence electrons. The second-order valence-corrected chi connectivity index (χ2v) is 6.67. The lowest BCUT2D eigenvalue weighted by Gasteiger charge is -2.40. The molecule has 0 amide bonds. The lowest BCUT2D eigenvalue weighted by atomic mass is 9.86. The summed E-state index contributed by atoms with van der Waals surface area (Å²) in [6.45, 7) is 7.28. The number of hydrogen-bond acceptors (Lipinski definition) is 3. The summed E-state index contributed by atoms with van der Waals surface area (Å²) in [6.07, 6.45) is 6.23. The zero-order valence-corrected chi connectivity index (χ0v) is 13.4. The zero-order valence-electron chi connectivity index (χ0n) is 13.4. The highest BCUT2D eigenvalue weighted by molar-refractivity contribution is 5.45. The van der Waals surface area contributed by atoms with E-state index in [-0.39, 0.29) is 11.7 Å². The molecule has 1 saturated carbocycles. The molecule has 3 heteroatoms. The molecule has 1 aliphatic carbocycles. The Morgan fingerprint density at radius 3 is 2.76 bits per heavy atom. The third-order valence-electron chi connectivity index (χ3n) is 4.60. The van der Waals surface area contributed by atoms with Crippen LogP contribution in [0.4, 0.5) is 0 Å². The van der Waals surface area contributed by atoms with Crippen molar-refractivity contribution >= 4 is 0 Å². The molecule has 0 bridgehead atoms. The summed E-state index contributed by atoms with van der Waals surface area (Å²) >= 11 is 0. The average molecular weight is 289 g/mol. The van der Waals surface area contributed by atoms with Crippen LogP contribution in [0.25, 0.3) is 0 Å². The Morgan fingerprint density at radius 1 is 1.33 bits per heavy atom. The van der Waals surface area contributed by atoms with Crippen molar-refractivity contribution in [1.82, 2.24) is 5.32 Å². The van der Waals surface area contributed by atoms with E-state index >= 15 is 0 Å². The molecule has 1 unspecified atom stereocenters. The summed E-state index contributed by atoms with van der Waals surface area (Å²) in [5.41, 5.74) is 1.33. The van der Waals surface area contributed by atoms with Gasteiger partial charge in [-0.2, -0.15) is 0 Å². The van der Waals surface area contributed by atoms with E-state index in [4.69, 9.17) is 9.47 Å². The average Bonchev–Trinajstić information content (AvgIpc) is 2.85. The summed E-state index contributed by atoms with van der Waals surface area (Å²) in [5.74, 6) is 1.93. The number of nitrogens with one attached hydrogen (secondary N) is 1. The fraction of sp³-hybridized carbons (Fsp3) is 0.667. The molecule has 3 rings (SSSR count). The molecule has 1 atom stereocenters. The molecule has 0 saturated heterocycles. The van der Waals surface area contributed by atoms with Crippen molar-refractivity contribution in [2.45, 2.75) is 70.6 Å². The van der Waals surface area contributed by atoms with Crippen LogP contribution < -0.4 is 14.8 Å². The minimum atomic E-state index is 0.0519. The van der Waals surface area contributed by atoms with Crippen LogP contribution in [0, 0.1) is 0 Å². The van der Waals surface area contributed by atoms with Crippen LogP contribution in [0.3, 0.4) is 0 Å². The summed E-state index contributed by atoms with van der Waals surface area (Å²) in [6, 6.07) is 6.73. The Morgan fingerprint density at radius 2 is 2.10 bits per heavy atom. The first-order valence-corrected chi connectivity index (χ1v) is 8.35. The van der Waals surface area contributed by atoms with Crippen molar-refractivity contribution in [2.24, 2.45) is 0 Å². The van der Waals surface area contributed by atoms with E-state index < -0.39 is 0 Å². The van der Waals surface area contributed by atoms with Crippen LogP contribution in [0.2, 0.25) is 0 Å². The summed E-state index contributed by atoms with van der Waals surface area (Å²) in [4.78, 5) is 0. The van der Waals surface area contributed by atoms with E-state index in [1.165, 1.54) is 31.2 Å². The predicted octanol–water partition coefficient (Wildman–Crippen LogP) is 4.22. The van der Waals surface area contributed by atoms with Crippen LogP contribution in [0.1, 0.15) is 64.5 Å².